The Labute approximate surface area is 192 Å². The molecule has 0 spiro atoms. The molecule has 3 aromatic heterocycles. The average Bonchev–Trinajstić information content (AvgIpc) is 3.23. The first-order valence-electron chi connectivity index (χ1n) is 11.1. The highest BCUT2D eigenvalue weighted by Gasteiger charge is 2.20. The van der Waals surface area contributed by atoms with Crippen molar-refractivity contribution in [3.05, 3.63) is 109 Å². The molecule has 0 saturated carbocycles. The fourth-order valence-electron chi connectivity index (χ4n) is 4.55. The minimum atomic E-state index is 0.667. The number of aromatic nitrogens is 2. The minimum Gasteiger partial charge on any atom is -0.437 e. The summed E-state index contributed by atoms with van der Waals surface area (Å²) >= 11 is 0. The number of benzene rings is 3. The first kappa shape index (κ1) is 19.4. The molecular formula is C30H23N2O+. The molecule has 0 fully saturated rings. The summed E-state index contributed by atoms with van der Waals surface area (Å²) in [7, 11) is 2.06. The summed E-state index contributed by atoms with van der Waals surface area (Å²) in [4.78, 5) is 4.90. The molecule has 0 unspecified atom stereocenters. The number of fused-ring (bicyclic) bond motifs is 3. The van der Waals surface area contributed by atoms with Gasteiger partial charge < -0.3 is 4.42 Å². The standard InChI is InChI=1S/C30H23N2O/c1-20-11-16-24-25-17-18-26(23-14-12-22(13-15-23)21-8-4-3-5-9-21)31-30(25)33-29(24)28(20)27-10-6-7-19-32(27)2/h3-19H,1-2H3/q+1. The van der Waals surface area contributed by atoms with Crippen LogP contribution in [0.15, 0.2) is 108 Å². The Morgan fingerprint density at radius 1 is 0.667 bits per heavy atom. The molecule has 0 amide bonds. The van der Waals surface area contributed by atoms with Gasteiger partial charge in [-0.15, -0.1) is 0 Å². The van der Waals surface area contributed by atoms with E-state index in [9.17, 15) is 0 Å². The quantitative estimate of drug-likeness (QED) is 0.282. The van der Waals surface area contributed by atoms with Gasteiger partial charge in [0.1, 0.15) is 7.05 Å². The minimum absolute atomic E-state index is 0.667. The van der Waals surface area contributed by atoms with E-state index < -0.39 is 0 Å². The van der Waals surface area contributed by atoms with Gasteiger partial charge in [0.25, 0.3) is 0 Å². The molecule has 3 nitrogen and oxygen atoms in total. The van der Waals surface area contributed by atoms with Gasteiger partial charge in [-0.25, -0.2) is 9.55 Å². The zero-order chi connectivity index (χ0) is 22.4. The van der Waals surface area contributed by atoms with Crippen LogP contribution in [0.3, 0.4) is 0 Å². The Kier molecular flexibility index (Phi) is 4.55. The molecule has 0 aliphatic carbocycles. The number of pyridine rings is 2. The molecule has 0 N–H and O–H groups in total. The topological polar surface area (TPSA) is 29.9 Å². The van der Waals surface area contributed by atoms with Gasteiger partial charge in [0.15, 0.2) is 11.8 Å². The second-order valence-corrected chi connectivity index (χ2v) is 8.43. The summed E-state index contributed by atoms with van der Waals surface area (Å²) in [5, 5.41) is 2.13. The molecule has 3 heteroatoms. The monoisotopic (exact) mass is 427 g/mol. The van der Waals surface area contributed by atoms with E-state index in [-0.39, 0.29) is 0 Å². The third kappa shape index (κ3) is 3.30. The molecule has 6 rings (SSSR count). The van der Waals surface area contributed by atoms with E-state index in [0.29, 0.717) is 5.71 Å². The van der Waals surface area contributed by atoms with E-state index >= 15 is 0 Å². The molecule has 3 aromatic carbocycles. The van der Waals surface area contributed by atoms with Gasteiger partial charge in [0.05, 0.1) is 11.3 Å². The highest BCUT2D eigenvalue weighted by molar-refractivity contribution is 6.09. The van der Waals surface area contributed by atoms with E-state index in [2.05, 4.69) is 110 Å². The van der Waals surface area contributed by atoms with Crippen LogP contribution in [-0.2, 0) is 7.05 Å². The lowest BCUT2D eigenvalue weighted by molar-refractivity contribution is -0.660. The van der Waals surface area contributed by atoms with Crippen molar-refractivity contribution in [2.75, 3.05) is 0 Å². The van der Waals surface area contributed by atoms with Crippen molar-refractivity contribution in [3.8, 4) is 33.6 Å². The van der Waals surface area contributed by atoms with Gasteiger partial charge in [-0.05, 0) is 41.8 Å². The maximum Gasteiger partial charge on any atom is 0.227 e. The first-order chi connectivity index (χ1) is 16.2. The predicted octanol–water partition coefficient (Wildman–Crippen LogP) is 7.11. The Bertz CT molecular complexity index is 1610. The second-order valence-electron chi connectivity index (χ2n) is 8.43. The van der Waals surface area contributed by atoms with Crippen LogP contribution in [0.2, 0.25) is 0 Å². The first-order valence-corrected chi connectivity index (χ1v) is 11.1. The molecule has 0 radical (unpaired) electrons. The molecule has 158 valence electrons. The van der Waals surface area contributed by atoms with Gasteiger partial charge >= 0.3 is 0 Å². The lowest BCUT2D eigenvalue weighted by atomic mass is 10.0. The van der Waals surface area contributed by atoms with Crippen LogP contribution in [0.5, 0.6) is 0 Å². The third-order valence-corrected chi connectivity index (χ3v) is 6.31. The second kappa shape index (κ2) is 7.72. The van der Waals surface area contributed by atoms with Crippen LogP contribution >= 0.6 is 0 Å². The van der Waals surface area contributed by atoms with Crippen molar-refractivity contribution in [2.24, 2.45) is 7.05 Å². The zero-order valence-electron chi connectivity index (χ0n) is 18.6. The lowest BCUT2D eigenvalue weighted by Gasteiger charge is -2.04. The van der Waals surface area contributed by atoms with E-state index in [0.717, 1.165) is 38.9 Å². The van der Waals surface area contributed by atoms with Crippen LogP contribution < -0.4 is 4.57 Å². The zero-order valence-corrected chi connectivity index (χ0v) is 18.6. The molecule has 0 aliphatic heterocycles. The largest absolute Gasteiger partial charge is 0.437 e. The van der Waals surface area contributed by atoms with Crippen LogP contribution in [0.25, 0.3) is 55.7 Å². The summed E-state index contributed by atoms with van der Waals surface area (Å²) in [6.45, 7) is 2.13. The fraction of sp³-hybridized carbons (Fsp3) is 0.0667. The highest BCUT2D eigenvalue weighted by Crippen LogP contribution is 2.37. The molecule has 3 heterocycles. The summed E-state index contributed by atoms with van der Waals surface area (Å²) in [5.41, 5.74) is 9.35. The molecule has 0 atom stereocenters. The molecule has 6 aromatic rings. The Balaban J connectivity index is 1.47. The smallest absolute Gasteiger partial charge is 0.227 e. The Morgan fingerprint density at radius 2 is 1.36 bits per heavy atom. The fourth-order valence-corrected chi connectivity index (χ4v) is 4.55. The maximum atomic E-state index is 6.40. The predicted molar refractivity (Wildman–Crippen MR) is 134 cm³/mol. The summed E-state index contributed by atoms with van der Waals surface area (Å²) in [6.07, 6.45) is 2.06. The number of hydrogen-bond donors (Lipinski definition) is 0. The Hall–Kier alpha value is -4.24. The summed E-state index contributed by atoms with van der Waals surface area (Å²) in [6, 6.07) is 33.7. The Morgan fingerprint density at radius 3 is 2.15 bits per heavy atom. The SMILES string of the molecule is Cc1ccc2c(oc3nc(-c4ccc(-c5ccccc5)cc4)ccc32)c1-c1cccc[n+]1C. The average molecular weight is 428 g/mol. The maximum absolute atomic E-state index is 6.40. The summed E-state index contributed by atoms with van der Waals surface area (Å²) < 4.78 is 8.53. The normalized spacial score (nSPS) is 11.3. The van der Waals surface area contributed by atoms with E-state index in [1.165, 1.54) is 16.7 Å². The third-order valence-electron chi connectivity index (χ3n) is 6.31. The van der Waals surface area contributed by atoms with Crippen LogP contribution in [-0.4, -0.2) is 4.98 Å². The van der Waals surface area contributed by atoms with Gasteiger partial charge in [-0.1, -0.05) is 66.7 Å². The van der Waals surface area contributed by atoms with Crippen LogP contribution in [0.1, 0.15) is 5.56 Å². The molecular weight excluding hydrogens is 404 g/mol. The van der Waals surface area contributed by atoms with Crippen molar-refractivity contribution in [1.29, 1.82) is 0 Å². The number of nitrogens with zero attached hydrogens (tertiary/aromatic N) is 2. The van der Waals surface area contributed by atoms with Crippen LogP contribution in [0.4, 0.5) is 0 Å². The van der Waals surface area contributed by atoms with Crippen LogP contribution in [0, 0.1) is 6.92 Å². The summed E-state index contributed by atoms with van der Waals surface area (Å²) in [5.74, 6) is 0. The number of furan rings is 1. The van der Waals surface area contributed by atoms with Crippen molar-refractivity contribution in [3.63, 3.8) is 0 Å². The molecule has 0 bridgehead atoms. The van der Waals surface area contributed by atoms with E-state index in [1.54, 1.807) is 0 Å². The van der Waals surface area contributed by atoms with Gasteiger partial charge in [0, 0.05) is 28.5 Å². The highest BCUT2D eigenvalue weighted by atomic mass is 16.3. The lowest BCUT2D eigenvalue weighted by Crippen LogP contribution is -2.30. The molecule has 0 saturated heterocycles. The van der Waals surface area contributed by atoms with Crippen molar-refractivity contribution >= 4 is 22.1 Å². The number of aryl methyl sites for hydroxylation is 2. The van der Waals surface area contributed by atoms with Gasteiger partial charge in [0.2, 0.25) is 11.4 Å². The molecule has 33 heavy (non-hydrogen) atoms. The molecule has 0 aliphatic rings. The van der Waals surface area contributed by atoms with Gasteiger partial charge in [-0.3, -0.25) is 0 Å². The van der Waals surface area contributed by atoms with Crippen molar-refractivity contribution in [1.82, 2.24) is 4.98 Å². The number of rotatable bonds is 3. The van der Waals surface area contributed by atoms with Crippen molar-refractivity contribution < 1.29 is 8.98 Å². The van der Waals surface area contributed by atoms with E-state index in [4.69, 9.17) is 9.40 Å². The van der Waals surface area contributed by atoms with E-state index in [1.807, 2.05) is 12.1 Å². The van der Waals surface area contributed by atoms with Gasteiger partial charge in [-0.2, -0.15) is 0 Å². The number of hydrogen-bond acceptors (Lipinski definition) is 2. The van der Waals surface area contributed by atoms with Crippen molar-refractivity contribution in [2.45, 2.75) is 6.92 Å².